The Morgan fingerprint density at radius 1 is 1.20 bits per heavy atom. The third-order valence-corrected chi connectivity index (χ3v) is 2.61. The van der Waals surface area contributed by atoms with Crippen LogP contribution in [0.5, 0.6) is 0 Å². The van der Waals surface area contributed by atoms with E-state index in [4.69, 9.17) is 13.6 Å². The number of carbonyl (C=O) groups excluding carboxylic acids is 1. The summed E-state index contributed by atoms with van der Waals surface area (Å²) in [4.78, 5) is 11.2. The summed E-state index contributed by atoms with van der Waals surface area (Å²) in [6.07, 6.45) is 5.08. The van der Waals surface area contributed by atoms with Gasteiger partial charge in [0, 0.05) is 6.08 Å². The smallest absolute Gasteiger partial charge is 0.391 e. The first-order valence-electron chi connectivity index (χ1n) is 5.18. The minimum Gasteiger partial charge on any atom is -0.391 e. The second-order valence-electron chi connectivity index (χ2n) is 2.66. The Kier molecular flexibility index (Phi) is 9.79. The van der Waals surface area contributed by atoms with Crippen molar-refractivity contribution >= 4 is 14.6 Å². The minimum atomic E-state index is -1.52. The van der Waals surface area contributed by atoms with Crippen molar-refractivity contribution in [2.24, 2.45) is 0 Å². The quantitative estimate of drug-likeness (QED) is 0.478. The summed E-state index contributed by atoms with van der Waals surface area (Å²) < 4.78 is 15.2. The zero-order valence-corrected chi connectivity index (χ0v) is 10.5. The van der Waals surface area contributed by atoms with Crippen LogP contribution in [0.15, 0.2) is 12.2 Å². The molecule has 88 valence electrons. The molecule has 0 aromatic rings. The van der Waals surface area contributed by atoms with Crippen LogP contribution in [-0.4, -0.2) is 19.2 Å². The number of carbonyl (C=O) groups is 1. The van der Waals surface area contributed by atoms with Crippen LogP contribution in [0, 0.1) is 0 Å². The van der Waals surface area contributed by atoms with Crippen LogP contribution in [0.4, 0.5) is 0 Å². The summed E-state index contributed by atoms with van der Waals surface area (Å²) in [6, 6.07) is 0. The predicted molar refractivity (Wildman–Crippen MR) is 60.3 cm³/mol. The van der Waals surface area contributed by atoms with Crippen molar-refractivity contribution in [3.8, 4) is 0 Å². The van der Waals surface area contributed by atoms with Crippen LogP contribution in [-0.2, 0) is 18.4 Å². The first-order chi connectivity index (χ1) is 7.24. The van der Waals surface area contributed by atoms with E-state index in [0.29, 0.717) is 13.2 Å². The Morgan fingerprint density at radius 2 is 1.80 bits per heavy atom. The Morgan fingerprint density at radius 3 is 2.27 bits per heavy atom. The summed E-state index contributed by atoms with van der Waals surface area (Å²) >= 11 is 0. The summed E-state index contributed by atoms with van der Waals surface area (Å²) in [7, 11) is -1.52. The van der Waals surface area contributed by atoms with Gasteiger partial charge in [0.15, 0.2) is 0 Å². The van der Waals surface area contributed by atoms with E-state index in [9.17, 15) is 4.79 Å². The maximum atomic E-state index is 11.2. The molecule has 4 nitrogen and oxygen atoms in total. The molecule has 0 aliphatic heterocycles. The normalized spacial score (nSPS) is 11.2. The highest BCUT2D eigenvalue weighted by Crippen LogP contribution is 2.39. The fourth-order valence-electron chi connectivity index (χ4n) is 0.751. The van der Waals surface area contributed by atoms with E-state index >= 15 is 0 Å². The van der Waals surface area contributed by atoms with Gasteiger partial charge in [-0.25, -0.2) is 4.79 Å². The van der Waals surface area contributed by atoms with Crippen LogP contribution in [0.25, 0.3) is 0 Å². The summed E-state index contributed by atoms with van der Waals surface area (Å²) in [5.41, 5.74) is 0. The first-order valence-corrected chi connectivity index (χ1v) is 6.28. The van der Waals surface area contributed by atoms with E-state index in [0.717, 1.165) is 12.8 Å². The third kappa shape index (κ3) is 8.55. The molecule has 0 heterocycles. The Hall–Kier alpha value is -0.440. The number of allylic oxidation sites excluding steroid dienone is 1. The van der Waals surface area contributed by atoms with Gasteiger partial charge in [-0.05, 0) is 20.3 Å². The minimum absolute atomic E-state index is 0.406. The van der Waals surface area contributed by atoms with Gasteiger partial charge in [0.05, 0.1) is 13.2 Å². The fourth-order valence-corrected chi connectivity index (χ4v) is 1.56. The lowest BCUT2D eigenvalue weighted by atomic mass is 10.3. The molecule has 0 aromatic heterocycles. The standard InChI is InChI=1S/C10H19O4P/c1-4-7-8-9-10(11)14-15(12-5-2)13-6-3/h8-9H,4-7H2,1-3H3. The molecular weight excluding hydrogens is 215 g/mol. The molecule has 0 aromatic carbocycles. The highest BCUT2D eigenvalue weighted by Gasteiger charge is 2.14. The van der Waals surface area contributed by atoms with Gasteiger partial charge >= 0.3 is 14.6 Å². The van der Waals surface area contributed by atoms with E-state index in [1.165, 1.54) is 6.08 Å². The molecule has 0 aliphatic carbocycles. The van der Waals surface area contributed by atoms with E-state index in [1.54, 1.807) is 6.08 Å². The molecule has 0 rings (SSSR count). The van der Waals surface area contributed by atoms with Crippen LogP contribution >= 0.6 is 8.60 Å². The van der Waals surface area contributed by atoms with Crippen molar-refractivity contribution in [1.29, 1.82) is 0 Å². The van der Waals surface area contributed by atoms with Crippen molar-refractivity contribution in [3.05, 3.63) is 12.2 Å². The van der Waals surface area contributed by atoms with Gasteiger partial charge in [-0.2, -0.15) is 0 Å². The zero-order valence-electron chi connectivity index (χ0n) is 9.56. The predicted octanol–water partition coefficient (Wildman–Crippen LogP) is 3.19. The van der Waals surface area contributed by atoms with Gasteiger partial charge in [0.1, 0.15) is 0 Å². The van der Waals surface area contributed by atoms with Crippen molar-refractivity contribution < 1.29 is 18.4 Å². The maximum absolute atomic E-state index is 11.2. The second kappa shape index (κ2) is 10.1. The van der Waals surface area contributed by atoms with E-state index < -0.39 is 14.6 Å². The van der Waals surface area contributed by atoms with Gasteiger partial charge < -0.3 is 13.6 Å². The highest BCUT2D eigenvalue weighted by molar-refractivity contribution is 7.42. The lowest BCUT2D eigenvalue weighted by molar-refractivity contribution is -0.129. The van der Waals surface area contributed by atoms with Gasteiger partial charge in [0.2, 0.25) is 0 Å². The lowest BCUT2D eigenvalue weighted by Gasteiger charge is -2.12. The van der Waals surface area contributed by atoms with Crippen molar-refractivity contribution in [2.75, 3.05) is 13.2 Å². The largest absolute Gasteiger partial charge is 0.399 e. The van der Waals surface area contributed by atoms with Crippen LogP contribution in [0.2, 0.25) is 0 Å². The van der Waals surface area contributed by atoms with Gasteiger partial charge in [-0.3, -0.25) is 0 Å². The number of hydrogen-bond acceptors (Lipinski definition) is 4. The SMILES string of the molecule is CCCC=CC(=O)OP(OCC)OCC. The molecule has 0 atom stereocenters. The molecule has 0 amide bonds. The van der Waals surface area contributed by atoms with Gasteiger partial charge in [-0.1, -0.05) is 19.4 Å². The van der Waals surface area contributed by atoms with E-state index in [2.05, 4.69) is 0 Å². The lowest BCUT2D eigenvalue weighted by Crippen LogP contribution is -2.01. The van der Waals surface area contributed by atoms with E-state index in [1.807, 2.05) is 20.8 Å². The molecule has 0 unspecified atom stereocenters. The third-order valence-electron chi connectivity index (χ3n) is 1.34. The van der Waals surface area contributed by atoms with Crippen LogP contribution < -0.4 is 0 Å². The van der Waals surface area contributed by atoms with Crippen LogP contribution in [0.1, 0.15) is 33.6 Å². The Balaban J connectivity index is 3.87. The number of unbranched alkanes of at least 4 members (excludes halogenated alkanes) is 1. The molecule has 15 heavy (non-hydrogen) atoms. The molecule has 0 bridgehead atoms. The summed E-state index contributed by atoms with van der Waals surface area (Å²) in [6.45, 7) is 6.64. The summed E-state index contributed by atoms with van der Waals surface area (Å²) in [5.74, 6) is -0.406. The second-order valence-corrected chi connectivity index (χ2v) is 3.81. The number of hydrogen-bond donors (Lipinski definition) is 0. The first kappa shape index (κ1) is 14.6. The fraction of sp³-hybridized carbons (Fsp3) is 0.700. The Bertz CT molecular complexity index is 188. The molecule has 0 radical (unpaired) electrons. The van der Waals surface area contributed by atoms with Gasteiger partial charge in [0.25, 0.3) is 0 Å². The van der Waals surface area contributed by atoms with Crippen molar-refractivity contribution in [3.63, 3.8) is 0 Å². The maximum Gasteiger partial charge on any atom is 0.399 e. The average molecular weight is 234 g/mol. The molecule has 0 aliphatic rings. The average Bonchev–Trinajstić information content (AvgIpc) is 2.19. The number of rotatable bonds is 8. The Labute approximate surface area is 92.6 Å². The summed E-state index contributed by atoms with van der Waals surface area (Å²) in [5, 5.41) is 0. The van der Waals surface area contributed by atoms with Gasteiger partial charge in [-0.15, -0.1) is 0 Å². The molecule has 0 fully saturated rings. The highest BCUT2D eigenvalue weighted by atomic mass is 31.2. The topological polar surface area (TPSA) is 44.8 Å². The molecular formula is C10H19O4P. The van der Waals surface area contributed by atoms with Crippen LogP contribution in [0.3, 0.4) is 0 Å². The van der Waals surface area contributed by atoms with E-state index in [-0.39, 0.29) is 0 Å². The monoisotopic (exact) mass is 234 g/mol. The van der Waals surface area contributed by atoms with Crippen molar-refractivity contribution in [2.45, 2.75) is 33.6 Å². The zero-order chi connectivity index (χ0) is 11.5. The molecule has 0 saturated heterocycles. The molecule has 0 N–H and O–H groups in total. The molecule has 5 heteroatoms. The molecule has 0 spiro atoms. The molecule has 0 saturated carbocycles. The van der Waals surface area contributed by atoms with Crippen molar-refractivity contribution in [1.82, 2.24) is 0 Å².